The van der Waals surface area contributed by atoms with Crippen LogP contribution in [-0.2, 0) is 4.79 Å². The fourth-order valence-electron chi connectivity index (χ4n) is 2.22. The van der Waals surface area contributed by atoms with E-state index in [1.54, 1.807) is 4.90 Å². The van der Waals surface area contributed by atoms with Crippen molar-refractivity contribution in [3.63, 3.8) is 0 Å². The van der Waals surface area contributed by atoms with Crippen LogP contribution >= 0.6 is 0 Å². The largest absolute Gasteiger partial charge is 0.481 e. The molecule has 1 aromatic rings. The third-order valence-corrected chi connectivity index (χ3v) is 3.47. The Hall–Kier alpha value is -2.38. The molecular formula is C14H18FN3O4. The van der Waals surface area contributed by atoms with Crippen LogP contribution in [-0.4, -0.2) is 53.2 Å². The van der Waals surface area contributed by atoms with Gasteiger partial charge in [-0.05, 0) is 25.0 Å². The van der Waals surface area contributed by atoms with Crippen molar-refractivity contribution in [1.29, 1.82) is 0 Å². The highest BCUT2D eigenvalue weighted by molar-refractivity contribution is 5.75. The number of carbonyl (C=O) groups excluding carboxylic acids is 1. The van der Waals surface area contributed by atoms with Crippen molar-refractivity contribution in [2.24, 2.45) is 5.92 Å². The number of hydrogen-bond donors (Lipinski definition) is 2. The molecule has 1 aliphatic rings. The predicted molar refractivity (Wildman–Crippen MR) is 75.0 cm³/mol. The smallest absolute Gasteiger partial charge is 0.317 e. The fourth-order valence-corrected chi connectivity index (χ4v) is 2.22. The first-order chi connectivity index (χ1) is 10.6. The summed E-state index contributed by atoms with van der Waals surface area (Å²) < 4.78 is 18.4. The summed E-state index contributed by atoms with van der Waals surface area (Å²) in [6.45, 7) is 1.15. The van der Waals surface area contributed by atoms with Crippen molar-refractivity contribution in [2.45, 2.75) is 12.8 Å². The van der Waals surface area contributed by atoms with E-state index < -0.39 is 11.8 Å². The molecular weight excluding hydrogens is 293 g/mol. The van der Waals surface area contributed by atoms with Gasteiger partial charge in [-0.2, -0.15) is 0 Å². The van der Waals surface area contributed by atoms with E-state index in [4.69, 9.17) is 9.84 Å². The standard InChI is InChI=1S/C14H18FN3O4/c15-11-2-1-5-16-12(11)22-9-6-17-14(21)18-7-3-10(4-8-18)13(19)20/h1-2,5,10H,3-4,6-9H2,(H,17,21)(H,19,20). The number of carbonyl (C=O) groups is 2. The molecule has 0 saturated carbocycles. The van der Waals surface area contributed by atoms with Gasteiger partial charge in [-0.3, -0.25) is 4.79 Å². The van der Waals surface area contributed by atoms with E-state index in [1.807, 2.05) is 0 Å². The number of urea groups is 1. The summed E-state index contributed by atoms with van der Waals surface area (Å²) >= 11 is 0. The molecule has 2 rings (SSSR count). The first kappa shape index (κ1) is 16.0. The van der Waals surface area contributed by atoms with Gasteiger partial charge >= 0.3 is 12.0 Å². The number of nitrogens with zero attached hydrogens (tertiary/aromatic N) is 2. The number of aromatic nitrogens is 1. The lowest BCUT2D eigenvalue weighted by Crippen LogP contribution is -2.46. The molecule has 1 aliphatic heterocycles. The summed E-state index contributed by atoms with van der Waals surface area (Å²) in [6, 6.07) is 2.44. The van der Waals surface area contributed by atoms with E-state index in [9.17, 15) is 14.0 Å². The van der Waals surface area contributed by atoms with E-state index in [-0.39, 0.29) is 31.0 Å². The van der Waals surface area contributed by atoms with Crippen molar-refractivity contribution in [2.75, 3.05) is 26.2 Å². The van der Waals surface area contributed by atoms with Crippen LogP contribution in [0.3, 0.4) is 0 Å². The quantitative estimate of drug-likeness (QED) is 0.795. The zero-order chi connectivity index (χ0) is 15.9. The Morgan fingerprint density at radius 1 is 1.45 bits per heavy atom. The van der Waals surface area contributed by atoms with Gasteiger partial charge in [0.2, 0.25) is 5.88 Å². The SMILES string of the molecule is O=C(O)C1CCN(C(=O)NCCOc2ncccc2F)CC1. The van der Waals surface area contributed by atoms with Crippen LogP contribution in [0.4, 0.5) is 9.18 Å². The van der Waals surface area contributed by atoms with Crippen LogP contribution in [0.5, 0.6) is 5.88 Å². The molecule has 8 heteroatoms. The van der Waals surface area contributed by atoms with Crippen LogP contribution in [0.1, 0.15) is 12.8 Å². The number of halogens is 1. The third kappa shape index (κ3) is 4.31. The molecule has 120 valence electrons. The molecule has 2 heterocycles. The number of nitrogens with one attached hydrogen (secondary N) is 1. The van der Waals surface area contributed by atoms with E-state index in [0.29, 0.717) is 25.9 Å². The van der Waals surface area contributed by atoms with E-state index in [2.05, 4.69) is 10.3 Å². The Morgan fingerprint density at radius 3 is 2.82 bits per heavy atom. The van der Waals surface area contributed by atoms with Crippen molar-refractivity contribution >= 4 is 12.0 Å². The number of rotatable bonds is 5. The minimum absolute atomic E-state index is 0.0981. The van der Waals surface area contributed by atoms with Gasteiger partial charge in [-0.1, -0.05) is 0 Å². The first-order valence-corrected chi connectivity index (χ1v) is 7.07. The van der Waals surface area contributed by atoms with E-state index in [1.165, 1.54) is 18.3 Å². The van der Waals surface area contributed by atoms with Gasteiger partial charge in [0.1, 0.15) is 6.61 Å². The van der Waals surface area contributed by atoms with Gasteiger partial charge in [-0.15, -0.1) is 0 Å². The lowest BCUT2D eigenvalue weighted by molar-refractivity contribution is -0.143. The number of carboxylic acid groups (broad SMARTS) is 1. The minimum atomic E-state index is -0.814. The summed E-state index contributed by atoms with van der Waals surface area (Å²) in [5, 5.41) is 11.5. The topological polar surface area (TPSA) is 91.8 Å². The molecule has 0 aromatic carbocycles. The molecule has 2 amide bonds. The van der Waals surface area contributed by atoms with Crippen molar-refractivity contribution in [3.05, 3.63) is 24.1 Å². The summed E-state index contributed by atoms with van der Waals surface area (Å²) in [5.74, 6) is -1.84. The van der Waals surface area contributed by atoms with Gasteiger partial charge in [0.15, 0.2) is 5.82 Å². The highest BCUT2D eigenvalue weighted by atomic mass is 19.1. The molecule has 0 spiro atoms. The molecule has 0 bridgehead atoms. The summed E-state index contributed by atoms with van der Waals surface area (Å²) in [5.41, 5.74) is 0. The Labute approximate surface area is 127 Å². The number of aliphatic carboxylic acids is 1. The number of carboxylic acids is 1. The maximum absolute atomic E-state index is 13.2. The summed E-state index contributed by atoms with van der Waals surface area (Å²) in [7, 11) is 0. The second-order valence-electron chi connectivity index (χ2n) is 4.97. The molecule has 0 atom stereocenters. The monoisotopic (exact) mass is 311 g/mol. The van der Waals surface area contributed by atoms with Crippen LogP contribution in [0, 0.1) is 11.7 Å². The molecule has 1 saturated heterocycles. The maximum Gasteiger partial charge on any atom is 0.317 e. The van der Waals surface area contributed by atoms with Crippen LogP contribution in [0.15, 0.2) is 18.3 Å². The highest BCUT2D eigenvalue weighted by Gasteiger charge is 2.26. The van der Waals surface area contributed by atoms with Crippen molar-refractivity contribution in [3.8, 4) is 5.88 Å². The number of ether oxygens (including phenoxy) is 1. The lowest BCUT2D eigenvalue weighted by Gasteiger charge is -2.30. The van der Waals surface area contributed by atoms with Crippen LogP contribution < -0.4 is 10.1 Å². The molecule has 7 nitrogen and oxygen atoms in total. The van der Waals surface area contributed by atoms with E-state index in [0.717, 1.165) is 0 Å². The summed E-state index contributed by atoms with van der Waals surface area (Å²) in [4.78, 5) is 28.0. The number of likely N-dealkylation sites (tertiary alicyclic amines) is 1. The van der Waals surface area contributed by atoms with Gasteiger partial charge < -0.3 is 20.1 Å². The molecule has 1 aromatic heterocycles. The average Bonchev–Trinajstić information content (AvgIpc) is 2.53. The molecule has 0 aliphatic carbocycles. The predicted octanol–water partition coefficient (Wildman–Crippen LogP) is 1.11. The maximum atomic E-state index is 13.2. The second kappa shape index (κ2) is 7.58. The molecule has 1 fully saturated rings. The lowest BCUT2D eigenvalue weighted by atomic mass is 9.97. The van der Waals surface area contributed by atoms with Gasteiger partial charge in [0, 0.05) is 19.3 Å². The Morgan fingerprint density at radius 2 is 2.18 bits per heavy atom. The van der Waals surface area contributed by atoms with Crippen molar-refractivity contribution < 1.29 is 23.8 Å². The Kier molecular flexibility index (Phi) is 5.51. The first-order valence-electron chi connectivity index (χ1n) is 7.07. The minimum Gasteiger partial charge on any atom is -0.481 e. The highest BCUT2D eigenvalue weighted by Crippen LogP contribution is 2.17. The molecule has 22 heavy (non-hydrogen) atoms. The summed E-state index contributed by atoms with van der Waals surface area (Å²) in [6.07, 6.45) is 2.33. The Bertz CT molecular complexity index is 533. The van der Waals surface area contributed by atoms with Crippen LogP contribution in [0.2, 0.25) is 0 Å². The average molecular weight is 311 g/mol. The Balaban J connectivity index is 1.66. The number of piperidine rings is 1. The zero-order valence-corrected chi connectivity index (χ0v) is 12.0. The number of pyridine rings is 1. The fraction of sp³-hybridized carbons (Fsp3) is 0.500. The second-order valence-corrected chi connectivity index (χ2v) is 4.97. The normalized spacial score (nSPS) is 15.4. The number of hydrogen-bond acceptors (Lipinski definition) is 4. The van der Waals surface area contributed by atoms with Crippen molar-refractivity contribution in [1.82, 2.24) is 15.2 Å². The molecule has 0 radical (unpaired) electrons. The van der Waals surface area contributed by atoms with Gasteiger partial charge in [0.25, 0.3) is 0 Å². The van der Waals surface area contributed by atoms with Gasteiger partial charge in [0.05, 0.1) is 12.5 Å². The van der Waals surface area contributed by atoms with E-state index >= 15 is 0 Å². The van der Waals surface area contributed by atoms with Crippen LogP contribution in [0.25, 0.3) is 0 Å². The zero-order valence-electron chi connectivity index (χ0n) is 12.0. The third-order valence-electron chi connectivity index (χ3n) is 3.47. The number of amides is 2. The molecule has 0 unspecified atom stereocenters. The molecule has 2 N–H and O–H groups in total. The van der Waals surface area contributed by atoms with Gasteiger partial charge in [-0.25, -0.2) is 14.2 Å².